The second-order valence-electron chi connectivity index (χ2n) is 4.84. The van der Waals surface area contributed by atoms with Gasteiger partial charge in [0.1, 0.15) is 12.0 Å². The molecule has 1 aromatic carbocycles. The highest BCUT2D eigenvalue weighted by atomic mass is 35.5. The predicted octanol–water partition coefficient (Wildman–Crippen LogP) is 4.10. The van der Waals surface area contributed by atoms with Crippen molar-refractivity contribution < 1.29 is 14.3 Å². The van der Waals surface area contributed by atoms with Crippen molar-refractivity contribution in [2.24, 2.45) is 0 Å². The number of rotatable bonds is 7. The van der Waals surface area contributed by atoms with Crippen LogP contribution in [0.1, 0.15) is 36.7 Å². The van der Waals surface area contributed by atoms with Crippen LogP contribution in [0.2, 0.25) is 10.0 Å². The predicted molar refractivity (Wildman–Crippen MR) is 88.4 cm³/mol. The van der Waals surface area contributed by atoms with E-state index in [1.165, 1.54) is 6.33 Å². The Morgan fingerprint density at radius 3 is 2.74 bits per heavy atom. The van der Waals surface area contributed by atoms with Crippen LogP contribution < -0.4 is 0 Å². The van der Waals surface area contributed by atoms with E-state index in [0.29, 0.717) is 34.5 Å². The molecule has 122 valence electrons. The van der Waals surface area contributed by atoms with Gasteiger partial charge in [-0.15, -0.1) is 0 Å². The molecule has 1 heterocycles. The van der Waals surface area contributed by atoms with Gasteiger partial charge in [-0.25, -0.2) is 4.98 Å². The number of hydrogen-bond donors (Lipinski definition) is 0. The lowest BCUT2D eigenvalue weighted by Gasteiger charge is -2.04. The van der Waals surface area contributed by atoms with Gasteiger partial charge in [-0.3, -0.25) is 9.59 Å². The van der Waals surface area contributed by atoms with Crippen LogP contribution in [0.4, 0.5) is 0 Å². The van der Waals surface area contributed by atoms with Crippen LogP contribution in [0.3, 0.4) is 0 Å². The van der Waals surface area contributed by atoms with E-state index in [9.17, 15) is 9.59 Å². The number of carbonyl (C=O) groups is 2. The summed E-state index contributed by atoms with van der Waals surface area (Å²) < 4.78 is 6.48. The second-order valence-corrected chi connectivity index (χ2v) is 5.69. The highest BCUT2D eigenvalue weighted by molar-refractivity contribution is 6.35. The summed E-state index contributed by atoms with van der Waals surface area (Å²) in [6, 6.07) is 5.09. The number of Topliss-reactive ketones (excluding diaryl/α,β-unsaturated/α-hetero) is 1. The zero-order valence-corrected chi connectivity index (χ0v) is 14.1. The number of imidazole rings is 1. The molecule has 0 spiro atoms. The van der Waals surface area contributed by atoms with Gasteiger partial charge in [0.25, 0.3) is 0 Å². The maximum absolute atomic E-state index is 12.1. The number of carbonyl (C=O) groups excluding carboxylic acids is 2. The molecule has 0 fully saturated rings. The number of benzene rings is 1. The second kappa shape index (κ2) is 8.13. The zero-order valence-electron chi connectivity index (χ0n) is 12.6. The third-order valence-electron chi connectivity index (χ3n) is 3.15. The maximum atomic E-state index is 12.1. The molecule has 7 heteroatoms. The van der Waals surface area contributed by atoms with Crippen molar-refractivity contribution in [2.45, 2.75) is 26.2 Å². The molecule has 0 N–H and O–H groups in total. The van der Waals surface area contributed by atoms with E-state index >= 15 is 0 Å². The van der Waals surface area contributed by atoms with Crippen molar-refractivity contribution >= 4 is 35.0 Å². The van der Waals surface area contributed by atoms with Gasteiger partial charge in [-0.1, -0.05) is 23.2 Å². The minimum Gasteiger partial charge on any atom is -0.466 e. The lowest BCUT2D eigenvalue weighted by Crippen LogP contribution is -2.06. The molecule has 0 unspecified atom stereocenters. The number of esters is 1. The maximum Gasteiger partial charge on any atom is 0.305 e. The van der Waals surface area contributed by atoms with Gasteiger partial charge in [0.15, 0.2) is 5.78 Å². The Labute approximate surface area is 144 Å². The van der Waals surface area contributed by atoms with Gasteiger partial charge in [0.2, 0.25) is 0 Å². The number of halogens is 2. The quantitative estimate of drug-likeness (QED) is 0.554. The van der Waals surface area contributed by atoms with E-state index in [1.54, 1.807) is 35.9 Å². The summed E-state index contributed by atoms with van der Waals surface area (Å²) >= 11 is 12.0. The van der Waals surface area contributed by atoms with E-state index in [4.69, 9.17) is 27.9 Å². The fourth-order valence-electron chi connectivity index (χ4n) is 2.04. The summed E-state index contributed by atoms with van der Waals surface area (Å²) in [6.45, 7) is 2.09. The van der Waals surface area contributed by atoms with E-state index in [-0.39, 0.29) is 24.6 Å². The first kappa shape index (κ1) is 17.5. The molecule has 0 aliphatic rings. The first-order valence-corrected chi connectivity index (χ1v) is 7.95. The molecule has 1 aromatic heterocycles. The molecule has 0 saturated carbocycles. The van der Waals surface area contributed by atoms with Crippen LogP contribution in [0.25, 0.3) is 5.69 Å². The number of hydrogen-bond acceptors (Lipinski definition) is 4. The molecule has 23 heavy (non-hydrogen) atoms. The Hall–Kier alpha value is -1.85. The molecule has 0 radical (unpaired) electrons. The van der Waals surface area contributed by atoms with Crippen molar-refractivity contribution in [3.05, 3.63) is 46.5 Å². The van der Waals surface area contributed by atoms with Crippen LogP contribution in [-0.2, 0) is 9.53 Å². The average molecular weight is 355 g/mol. The first-order valence-electron chi connectivity index (χ1n) is 7.19. The minimum atomic E-state index is -0.293. The lowest BCUT2D eigenvalue weighted by molar-refractivity contribution is -0.143. The van der Waals surface area contributed by atoms with Crippen molar-refractivity contribution in [3.63, 3.8) is 0 Å². The summed E-state index contributed by atoms with van der Waals surface area (Å²) in [5, 5.41) is 1.00. The molecular weight excluding hydrogens is 339 g/mol. The van der Waals surface area contributed by atoms with E-state index < -0.39 is 0 Å². The van der Waals surface area contributed by atoms with Crippen LogP contribution in [-0.4, -0.2) is 27.9 Å². The van der Waals surface area contributed by atoms with Crippen LogP contribution >= 0.6 is 23.2 Å². The Kier molecular flexibility index (Phi) is 6.19. The zero-order chi connectivity index (χ0) is 16.8. The molecule has 0 aliphatic carbocycles. The summed E-state index contributed by atoms with van der Waals surface area (Å²) in [5.74, 6) is -0.420. The third kappa shape index (κ3) is 4.81. The first-order chi connectivity index (χ1) is 11.0. The standard InChI is InChI=1S/C16H16Cl2N2O3/c1-2-23-16(22)5-3-4-15(21)13-9-20(10-19-13)14-7-6-11(17)8-12(14)18/h6-10H,2-5H2,1H3. The number of ether oxygens (including phenoxy) is 1. The normalized spacial score (nSPS) is 10.6. The van der Waals surface area contributed by atoms with Gasteiger partial charge < -0.3 is 9.30 Å². The fourth-order valence-corrected chi connectivity index (χ4v) is 2.55. The van der Waals surface area contributed by atoms with Gasteiger partial charge in [-0.2, -0.15) is 0 Å². The molecule has 2 aromatic rings. The minimum absolute atomic E-state index is 0.127. The Balaban J connectivity index is 1.98. The molecule has 0 saturated heterocycles. The molecule has 0 atom stereocenters. The van der Waals surface area contributed by atoms with Crippen LogP contribution in [0.15, 0.2) is 30.7 Å². The number of nitrogens with zero attached hydrogens (tertiary/aromatic N) is 2. The summed E-state index contributed by atoms with van der Waals surface area (Å²) in [6.07, 6.45) is 4.04. The summed E-state index contributed by atoms with van der Waals surface area (Å²) in [5.41, 5.74) is 1.02. The Morgan fingerprint density at radius 1 is 1.26 bits per heavy atom. The molecule has 5 nitrogen and oxygen atoms in total. The summed E-state index contributed by atoms with van der Waals surface area (Å²) in [7, 11) is 0. The van der Waals surface area contributed by atoms with Crippen molar-refractivity contribution in [1.82, 2.24) is 9.55 Å². The largest absolute Gasteiger partial charge is 0.466 e. The monoisotopic (exact) mass is 354 g/mol. The van der Waals surface area contributed by atoms with Crippen molar-refractivity contribution in [2.75, 3.05) is 6.61 Å². The Morgan fingerprint density at radius 2 is 2.04 bits per heavy atom. The highest BCUT2D eigenvalue weighted by Gasteiger charge is 2.12. The van der Waals surface area contributed by atoms with E-state index in [1.807, 2.05) is 0 Å². The third-order valence-corrected chi connectivity index (χ3v) is 3.68. The topological polar surface area (TPSA) is 61.2 Å². The highest BCUT2D eigenvalue weighted by Crippen LogP contribution is 2.24. The number of ketones is 1. The van der Waals surface area contributed by atoms with Gasteiger partial charge in [-0.05, 0) is 31.5 Å². The van der Waals surface area contributed by atoms with Crippen LogP contribution in [0.5, 0.6) is 0 Å². The van der Waals surface area contributed by atoms with Gasteiger partial charge >= 0.3 is 5.97 Å². The fraction of sp³-hybridized carbons (Fsp3) is 0.312. The van der Waals surface area contributed by atoms with Crippen molar-refractivity contribution in [3.8, 4) is 5.69 Å². The van der Waals surface area contributed by atoms with Gasteiger partial charge in [0.05, 0.1) is 17.3 Å². The molecule has 0 bridgehead atoms. The molecule has 0 amide bonds. The molecule has 0 aliphatic heterocycles. The van der Waals surface area contributed by atoms with Crippen LogP contribution in [0, 0.1) is 0 Å². The molecule has 2 rings (SSSR count). The van der Waals surface area contributed by atoms with Gasteiger partial charge in [0, 0.05) is 24.1 Å². The SMILES string of the molecule is CCOC(=O)CCCC(=O)c1cn(-c2ccc(Cl)cc2Cl)cn1. The van der Waals surface area contributed by atoms with E-state index in [2.05, 4.69) is 4.98 Å². The Bertz CT molecular complexity index is 713. The summed E-state index contributed by atoms with van der Waals surface area (Å²) in [4.78, 5) is 27.4. The molecular formula is C16H16Cl2N2O3. The van der Waals surface area contributed by atoms with Crippen molar-refractivity contribution in [1.29, 1.82) is 0 Å². The smallest absolute Gasteiger partial charge is 0.305 e. The average Bonchev–Trinajstić information content (AvgIpc) is 2.97. The lowest BCUT2D eigenvalue weighted by atomic mass is 10.1. The number of aromatic nitrogens is 2. The van der Waals surface area contributed by atoms with E-state index in [0.717, 1.165) is 0 Å².